The van der Waals surface area contributed by atoms with Crippen molar-refractivity contribution < 1.29 is 14.3 Å². The minimum Gasteiger partial charge on any atom is -0.431 e. The smallest absolute Gasteiger partial charge is 0.431 e. The van der Waals surface area contributed by atoms with Crippen LogP contribution in [0.4, 0.5) is 4.79 Å². The molecule has 1 atom stereocenters. The van der Waals surface area contributed by atoms with Crippen LogP contribution in [0.3, 0.4) is 0 Å². The summed E-state index contributed by atoms with van der Waals surface area (Å²) in [6.07, 6.45) is 4.92. The molecule has 100 valence electrons. The highest BCUT2D eigenvalue weighted by atomic mass is 16.7. The summed E-state index contributed by atoms with van der Waals surface area (Å²) in [5.41, 5.74) is 0. The van der Waals surface area contributed by atoms with E-state index in [1.165, 1.54) is 19.3 Å². The van der Waals surface area contributed by atoms with Crippen LogP contribution in [-0.4, -0.2) is 12.3 Å². The first kappa shape index (κ1) is 14.6. The highest BCUT2D eigenvalue weighted by molar-refractivity contribution is 5.63. The van der Waals surface area contributed by atoms with E-state index in [1.54, 1.807) is 12.1 Å². The van der Waals surface area contributed by atoms with Crippen LogP contribution >= 0.6 is 0 Å². The normalized spacial score (nSPS) is 11.9. The molecule has 0 aromatic heterocycles. The molecule has 1 aromatic carbocycles. The molecule has 0 saturated carbocycles. The third kappa shape index (κ3) is 6.28. The lowest BCUT2D eigenvalue weighted by molar-refractivity contribution is 0.0613. The summed E-state index contributed by atoms with van der Waals surface area (Å²) in [5, 5.41) is 0. The Balaban J connectivity index is 2.19. The van der Waals surface area contributed by atoms with Crippen molar-refractivity contribution in [2.75, 3.05) is 0 Å². The van der Waals surface area contributed by atoms with Gasteiger partial charge in [0.2, 0.25) is 0 Å². The zero-order valence-electron chi connectivity index (χ0n) is 11.2. The van der Waals surface area contributed by atoms with Gasteiger partial charge >= 0.3 is 6.16 Å². The number of benzene rings is 1. The Kier molecular flexibility index (Phi) is 6.92. The largest absolute Gasteiger partial charge is 0.514 e. The molecule has 18 heavy (non-hydrogen) atoms. The van der Waals surface area contributed by atoms with Gasteiger partial charge in [-0.3, -0.25) is 0 Å². The fraction of sp³-hybridized carbons (Fsp3) is 0.533. The SMILES string of the molecule is CCCCCCC(C)OC(=O)Oc1ccccc1. The van der Waals surface area contributed by atoms with E-state index in [0.717, 1.165) is 12.8 Å². The second kappa shape index (κ2) is 8.56. The number of hydrogen-bond acceptors (Lipinski definition) is 3. The maximum absolute atomic E-state index is 11.5. The molecule has 0 radical (unpaired) electrons. The van der Waals surface area contributed by atoms with Crippen molar-refractivity contribution in [1.29, 1.82) is 0 Å². The Morgan fingerprint density at radius 1 is 1.17 bits per heavy atom. The van der Waals surface area contributed by atoms with Crippen LogP contribution in [0.5, 0.6) is 5.75 Å². The molecule has 0 N–H and O–H groups in total. The van der Waals surface area contributed by atoms with E-state index in [-0.39, 0.29) is 6.10 Å². The van der Waals surface area contributed by atoms with Crippen molar-refractivity contribution in [3.8, 4) is 5.75 Å². The zero-order chi connectivity index (χ0) is 13.2. The predicted octanol–water partition coefficient (Wildman–Crippen LogP) is 4.56. The van der Waals surface area contributed by atoms with Crippen molar-refractivity contribution in [2.24, 2.45) is 0 Å². The van der Waals surface area contributed by atoms with Crippen molar-refractivity contribution in [2.45, 2.75) is 52.1 Å². The van der Waals surface area contributed by atoms with Gasteiger partial charge in [0.25, 0.3) is 0 Å². The molecule has 0 spiro atoms. The minimum atomic E-state index is -0.621. The second-order valence-electron chi connectivity index (χ2n) is 4.44. The monoisotopic (exact) mass is 250 g/mol. The van der Waals surface area contributed by atoms with Gasteiger partial charge in [0.05, 0.1) is 0 Å². The zero-order valence-corrected chi connectivity index (χ0v) is 11.2. The Morgan fingerprint density at radius 3 is 2.56 bits per heavy atom. The van der Waals surface area contributed by atoms with Crippen molar-refractivity contribution in [1.82, 2.24) is 0 Å². The molecule has 1 rings (SSSR count). The van der Waals surface area contributed by atoms with Gasteiger partial charge in [0.1, 0.15) is 11.9 Å². The summed E-state index contributed by atoms with van der Waals surface area (Å²) >= 11 is 0. The molecule has 0 saturated heterocycles. The first-order chi connectivity index (χ1) is 8.72. The summed E-state index contributed by atoms with van der Waals surface area (Å²) in [6.45, 7) is 4.08. The summed E-state index contributed by atoms with van der Waals surface area (Å²) in [4.78, 5) is 11.5. The molecule has 0 bridgehead atoms. The molecule has 0 amide bonds. The van der Waals surface area contributed by atoms with Gasteiger partial charge < -0.3 is 9.47 Å². The first-order valence-corrected chi connectivity index (χ1v) is 6.66. The van der Waals surface area contributed by atoms with E-state index < -0.39 is 6.16 Å². The molecule has 0 fully saturated rings. The lowest BCUT2D eigenvalue weighted by atomic mass is 10.1. The van der Waals surface area contributed by atoms with E-state index in [0.29, 0.717) is 5.75 Å². The van der Waals surface area contributed by atoms with Crippen molar-refractivity contribution in [3.63, 3.8) is 0 Å². The fourth-order valence-electron chi connectivity index (χ4n) is 1.69. The number of ether oxygens (including phenoxy) is 2. The number of hydrogen-bond donors (Lipinski definition) is 0. The third-order valence-corrected chi connectivity index (χ3v) is 2.71. The van der Waals surface area contributed by atoms with Gasteiger partial charge in [-0.25, -0.2) is 4.79 Å². The van der Waals surface area contributed by atoms with Gasteiger partial charge in [0, 0.05) is 0 Å². The van der Waals surface area contributed by atoms with E-state index in [2.05, 4.69) is 6.92 Å². The van der Waals surface area contributed by atoms with Gasteiger partial charge in [-0.1, -0.05) is 44.4 Å². The van der Waals surface area contributed by atoms with E-state index >= 15 is 0 Å². The molecular formula is C15H22O3. The van der Waals surface area contributed by atoms with E-state index in [9.17, 15) is 4.79 Å². The standard InChI is InChI=1S/C15H22O3/c1-3-4-5-7-10-13(2)17-15(16)18-14-11-8-6-9-12-14/h6,8-9,11-13H,3-5,7,10H2,1-2H3. The molecule has 3 heteroatoms. The van der Waals surface area contributed by atoms with Crippen molar-refractivity contribution in [3.05, 3.63) is 30.3 Å². The van der Waals surface area contributed by atoms with Crippen LogP contribution < -0.4 is 4.74 Å². The summed E-state index contributed by atoms with van der Waals surface area (Å²) < 4.78 is 10.2. The average molecular weight is 250 g/mol. The summed E-state index contributed by atoms with van der Waals surface area (Å²) in [6, 6.07) is 8.96. The van der Waals surface area contributed by atoms with Crippen LogP contribution in [0.25, 0.3) is 0 Å². The van der Waals surface area contributed by atoms with Gasteiger partial charge in [0.15, 0.2) is 0 Å². The number of para-hydroxylation sites is 1. The lowest BCUT2D eigenvalue weighted by Gasteiger charge is -2.12. The van der Waals surface area contributed by atoms with E-state index in [1.807, 2.05) is 25.1 Å². The summed E-state index contributed by atoms with van der Waals surface area (Å²) in [7, 11) is 0. The number of carbonyl (C=O) groups excluding carboxylic acids is 1. The molecule has 0 heterocycles. The average Bonchev–Trinajstić information content (AvgIpc) is 2.35. The van der Waals surface area contributed by atoms with Crippen LogP contribution in [-0.2, 0) is 4.74 Å². The van der Waals surface area contributed by atoms with Crippen LogP contribution in [0.15, 0.2) is 30.3 Å². The number of carbonyl (C=O) groups is 1. The van der Waals surface area contributed by atoms with Crippen LogP contribution in [0.1, 0.15) is 46.0 Å². The molecule has 0 aliphatic carbocycles. The Labute approximate surface area is 109 Å². The van der Waals surface area contributed by atoms with Crippen LogP contribution in [0, 0.1) is 0 Å². The fourth-order valence-corrected chi connectivity index (χ4v) is 1.69. The maximum Gasteiger partial charge on any atom is 0.514 e. The third-order valence-electron chi connectivity index (χ3n) is 2.71. The number of unbranched alkanes of at least 4 members (excludes halogenated alkanes) is 3. The Morgan fingerprint density at radius 2 is 1.89 bits per heavy atom. The molecule has 0 aliphatic rings. The van der Waals surface area contributed by atoms with Gasteiger partial charge in [-0.2, -0.15) is 0 Å². The number of rotatable bonds is 7. The topological polar surface area (TPSA) is 35.5 Å². The Hall–Kier alpha value is -1.51. The Bertz CT molecular complexity index is 335. The lowest BCUT2D eigenvalue weighted by Crippen LogP contribution is -2.18. The molecule has 3 nitrogen and oxygen atoms in total. The first-order valence-electron chi connectivity index (χ1n) is 6.66. The van der Waals surface area contributed by atoms with E-state index in [4.69, 9.17) is 9.47 Å². The second-order valence-corrected chi connectivity index (χ2v) is 4.44. The van der Waals surface area contributed by atoms with Crippen molar-refractivity contribution >= 4 is 6.16 Å². The van der Waals surface area contributed by atoms with Gasteiger partial charge in [-0.05, 0) is 31.9 Å². The quantitative estimate of drug-likeness (QED) is 0.404. The molecular weight excluding hydrogens is 228 g/mol. The van der Waals surface area contributed by atoms with Crippen LogP contribution in [0.2, 0.25) is 0 Å². The molecule has 1 unspecified atom stereocenters. The highest BCUT2D eigenvalue weighted by Gasteiger charge is 2.11. The highest BCUT2D eigenvalue weighted by Crippen LogP contribution is 2.12. The molecule has 0 aliphatic heterocycles. The minimum absolute atomic E-state index is 0.0851. The molecule has 1 aromatic rings. The summed E-state index contributed by atoms with van der Waals surface area (Å²) in [5.74, 6) is 0.515. The maximum atomic E-state index is 11.5. The van der Waals surface area contributed by atoms with Gasteiger partial charge in [-0.15, -0.1) is 0 Å². The predicted molar refractivity (Wildman–Crippen MR) is 71.8 cm³/mol.